The Balaban J connectivity index is 1.92. The molecule has 7 heteroatoms. The Morgan fingerprint density at radius 1 is 1.53 bits per heavy atom. The van der Waals surface area contributed by atoms with Crippen molar-refractivity contribution in [1.29, 1.82) is 0 Å². The zero-order chi connectivity index (χ0) is 12.3. The topological polar surface area (TPSA) is 88.7 Å². The normalized spacial score (nSPS) is 21.6. The van der Waals surface area contributed by atoms with Crippen molar-refractivity contribution < 1.29 is 19.1 Å². The van der Waals surface area contributed by atoms with Gasteiger partial charge in [0.15, 0.2) is 6.10 Å². The van der Waals surface area contributed by atoms with Gasteiger partial charge in [-0.15, -0.1) is 10.2 Å². The van der Waals surface area contributed by atoms with Crippen LogP contribution in [0, 0.1) is 0 Å². The van der Waals surface area contributed by atoms with Gasteiger partial charge in [0, 0.05) is 19.5 Å². The van der Waals surface area contributed by atoms with Crippen molar-refractivity contribution in [3.8, 4) is 0 Å². The second-order valence-electron chi connectivity index (χ2n) is 3.88. The SMILES string of the molecule is CCc1nnc(CN2CCOC(C(=O)O)C2)o1. The molecule has 7 nitrogen and oxygen atoms in total. The van der Waals surface area contributed by atoms with E-state index in [1.54, 1.807) is 0 Å². The van der Waals surface area contributed by atoms with Crippen LogP contribution in [0.2, 0.25) is 0 Å². The van der Waals surface area contributed by atoms with Gasteiger partial charge in [0.2, 0.25) is 11.8 Å². The third-order valence-corrected chi connectivity index (χ3v) is 2.60. The Morgan fingerprint density at radius 3 is 2.94 bits per heavy atom. The van der Waals surface area contributed by atoms with E-state index in [2.05, 4.69) is 10.2 Å². The maximum atomic E-state index is 10.8. The Bertz CT molecular complexity index is 393. The minimum absolute atomic E-state index is 0.346. The fourth-order valence-corrected chi connectivity index (χ4v) is 1.68. The molecule has 0 spiro atoms. The molecule has 1 saturated heterocycles. The summed E-state index contributed by atoms with van der Waals surface area (Å²) in [6, 6.07) is 0. The lowest BCUT2D eigenvalue weighted by Gasteiger charge is -2.29. The molecule has 1 atom stereocenters. The molecule has 0 amide bonds. The van der Waals surface area contributed by atoms with E-state index in [-0.39, 0.29) is 0 Å². The number of morpholine rings is 1. The summed E-state index contributed by atoms with van der Waals surface area (Å²) in [6.07, 6.45) is -0.0641. The molecular weight excluding hydrogens is 226 g/mol. The summed E-state index contributed by atoms with van der Waals surface area (Å²) in [5.74, 6) is 0.186. The van der Waals surface area contributed by atoms with Crippen LogP contribution >= 0.6 is 0 Å². The van der Waals surface area contributed by atoms with E-state index in [0.29, 0.717) is 44.4 Å². The fourth-order valence-electron chi connectivity index (χ4n) is 1.68. The minimum Gasteiger partial charge on any atom is -0.479 e. The van der Waals surface area contributed by atoms with Crippen molar-refractivity contribution in [2.45, 2.75) is 26.0 Å². The van der Waals surface area contributed by atoms with Crippen molar-refractivity contribution in [2.75, 3.05) is 19.7 Å². The lowest BCUT2D eigenvalue weighted by molar-refractivity contribution is -0.156. The molecule has 0 bridgehead atoms. The number of rotatable bonds is 4. The molecule has 1 aliphatic heterocycles. The third kappa shape index (κ3) is 3.01. The zero-order valence-corrected chi connectivity index (χ0v) is 9.63. The van der Waals surface area contributed by atoms with E-state index in [9.17, 15) is 4.79 Å². The van der Waals surface area contributed by atoms with Crippen molar-refractivity contribution in [3.63, 3.8) is 0 Å². The maximum Gasteiger partial charge on any atom is 0.334 e. The van der Waals surface area contributed by atoms with Crippen LogP contribution in [0.15, 0.2) is 4.42 Å². The lowest BCUT2D eigenvalue weighted by Crippen LogP contribution is -2.45. The summed E-state index contributed by atoms with van der Waals surface area (Å²) in [5.41, 5.74) is 0. The third-order valence-electron chi connectivity index (χ3n) is 2.60. The number of aromatic nitrogens is 2. The highest BCUT2D eigenvalue weighted by molar-refractivity contribution is 5.72. The van der Waals surface area contributed by atoms with Gasteiger partial charge in [-0.3, -0.25) is 4.90 Å². The summed E-state index contributed by atoms with van der Waals surface area (Å²) in [7, 11) is 0. The van der Waals surface area contributed by atoms with Crippen LogP contribution in [-0.2, 0) is 22.5 Å². The molecule has 1 aliphatic rings. The van der Waals surface area contributed by atoms with Gasteiger partial charge in [-0.1, -0.05) is 6.92 Å². The second kappa shape index (κ2) is 5.24. The number of aliphatic carboxylic acids is 1. The van der Waals surface area contributed by atoms with E-state index >= 15 is 0 Å². The quantitative estimate of drug-likeness (QED) is 0.788. The number of hydrogen-bond donors (Lipinski definition) is 1. The molecule has 0 aliphatic carbocycles. The van der Waals surface area contributed by atoms with E-state index < -0.39 is 12.1 Å². The molecule has 17 heavy (non-hydrogen) atoms. The molecule has 2 heterocycles. The van der Waals surface area contributed by atoms with E-state index in [1.807, 2.05) is 11.8 Å². The van der Waals surface area contributed by atoms with Crippen LogP contribution in [0.1, 0.15) is 18.7 Å². The number of aryl methyl sites for hydroxylation is 1. The van der Waals surface area contributed by atoms with Gasteiger partial charge in [0.1, 0.15) is 0 Å². The van der Waals surface area contributed by atoms with Gasteiger partial charge in [0.25, 0.3) is 0 Å². The zero-order valence-electron chi connectivity index (χ0n) is 9.63. The van der Waals surface area contributed by atoms with Gasteiger partial charge in [-0.2, -0.15) is 0 Å². The van der Waals surface area contributed by atoms with E-state index in [0.717, 1.165) is 0 Å². The first kappa shape index (κ1) is 12.0. The fraction of sp³-hybridized carbons (Fsp3) is 0.700. The van der Waals surface area contributed by atoms with Gasteiger partial charge in [-0.25, -0.2) is 4.79 Å². The Hall–Kier alpha value is -1.47. The van der Waals surface area contributed by atoms with Crippen molar-refractivity contribution in [3.05, 3.63) is 11.8 Å². The number of hydrogen-bond acceptors (Lipinski definition) is 6. The highest BCUT2D eigenvalue weighted by Crippen LogP contribution is 2.10. The Morgan fingerprint density at radius 2 is 2.29 bits per heavy atom. The molecule has 0 radical (unpaired) electrons. The van der Waals surface area contributed by atoms with Crippen LogP contribution in [0.3, 0.4) is 0 Å². The molecule has 1 aromatic rings. The number of carboxylic acids is 1. The van der Waals surface area contributed by atoms with Gasteiger partial charge < -0.3 is 14.3 Å². The molecule has 2 rings (SSSR count). The molecule has 1 N–H and O–H groups in total. The lowest BCUT2D eigenvalue weighted by atomic mass is 10.3. The molecule has 0 aromatic carbocycles. The number of carbonyl (C=O) groups is 1. The van der Waals surface area contributed by atoms with Crippen molar-refractivity contribution in [2.24, 2.45) is 0 Å². The molecule has 0 saturated carbocycles. The molecular formula is C10H15N3O4. The van der Waals surface area contributed by atoms with Crippen LogP contribution < -0.4 is 0 Å². The second-order valence-corrected chi connectivity index (χ2v) is 3.88. The van der Waals surface area contributed by atoms with Crippen molar-refractivity contribution >= 4 is 5.97 Å². The number of carboxylic acid groups (broad SMARTS) is 1. The average Bonchev–Trinajstić information content (AvgIpc) is 2.77. The van der Waals surface area contributed by atoms with Gasteiger partial charge in [-0.05, 0) is 0 Å². The molecule has 94 valence electrons. The van der Waals surface area contributed by atoms with E-state index in [4.69, 9.17) is 14.3 Å². The Labute approximate surface area is 98.4 Å². The van der Waals surface area contributed by atoms with Crippen LogP contribution in [0.25, 0.3) is 0 Å². The van der Waals surface area contributed by atoms with Crippen LogP contribution in [0.4, 0.5) is 0 Å². The van der Waals surface area contributed by atoms with Gasteiger partial charge >= 0.3 is 5.97 Å². The van der Waals surface area contributed by atoms with Crippen LogP contribution in [0.5, 0.6) is 0 Å². The predicted octanol–water partition coefficient (Wildman–Crippen LogP) is -0.0826. The standard InChI is InChI=1S/C10H15N3O4/c1-2-8-11-12-9(17-8)6-13-3-4-16-7(5-13)10(14)15/h7H,2-6H2,1H3,(H,14,15). The summed E-state index contributed by atoms with van der Waals surface area (Å²) < 4.78 is 10.5. The summed E-state index contributed by atoms with van der Waals surface area (Å²) in [4.78, 5) is 12.7. The highest BCUT2D eigenvalue weighted by atomic mass is 16.5. The minimum atomic E-state index is -0.936. The first-order valence-electron chi connectivity index (χ1n) is 5.57. The summed E-state index contributed by atoms with van der Waals surface area (Å²) in [6.45, 7) is 3.84. The molecule has 1 fully saturated rings. The number of nitrogens with zero attached hydrogens (tertiary/aromatic N) is 3. The molecule has 1 aromatic heterocycles. The smallest absolute Gasteiger partial charge is 0.334 e. The first-order chi connectivity index (χ1) is 8.19. The maximum absolute atomic E-state index is 10.8. The number of ether oxygens (including phenoxy) is 1. The summed E-state index contributed by atoms with van der Waals surface area (Å²) in [5, 5.41) is 16.6. The first-order valence-corrected chi connectivity index (χ1v) is 5.57. The van der Waals surface area contributed by atoms with E-state index in [1.165, 1.54) is 0 Å². The largest absolute Gasteiger partial charge is 0.479 e. The molecule has 1 unspecified atom stereocenters. The average molecular weight is 241 g/mol. The Kier molecular flexibility index (Phi) is 3.70. The predicted molar refractivity (Wildman–Crippen MR) is 56.3 cm³/mol. The van der Waals surface area contributed by atoms with Crippen LogP contribution in [-0.4, -0.2) is 52.0 Å². The monoisotopic (exact) mass is 241 g/mol. The summed E-state index contributed by atoms with van der Waals surface area (Å²) >= 11 is 0. The van der Waals surface area contributed by atoms with Crippen molar-refractivity contribution in [1.82, 2.24) is 15.1 Å². The van der Waals surface area contributed by atoms with Gasteiger partial charge in [0.05, 0.1) is 13.2 Å². The highest BCUT2D eigenvalue weighted by Gasteiger charge is 2.27.